The van der Waals surface area contributed by atoms with Crippen LogP contribution in [0.5, 0.6) is 0 Å². The lowest BCUT2D eigenvalue weighted by molar-refractivity contribution is 0.364. The zero-order valence-electron chi connectivity index (χ0n) is 10.7. The highest BCUT2D eigenvalue weighted by atomic mass is 35.5. The molecular weight excluding hydrogens is 287 g/mol. The summed E-state index contributed by atoms with van der Waals surface area (Å²) in [6.45, 7) is 1.95. The van der Waals surface area contributed by atoms with Crippen LogP contribution in [0.2, 0.25) is 0 Å². The third kappa shape index (κ3) is 2.63. The number of hydrogen-bond donors (Lipinski definition) is 1. The molecule has 1 saturated heterocycles. The number of imidazole rings is 1. The van der Waals surface area contributed by atoms with Gasteiger partial charge in [0.2, 0.25) is 0 Å². The van der Waals surface area contributed by atoms with Crippen molar-refractivity contribution in [3.05, 3.63) is 28.8 Å². The Morgan fingerprint density at radius 1 is 1.32 bits per heavy atom. The van der Waals surface area contributed by atoms with E-state index in [1.165, 1.54) is 0 Å². The van der Waals surface area contributed by atoms with E-state index in [0.717, 1.165) is 37.1 Å². The van der Waals surface area contributed by atoms with Gasteiger partial charge >= 0.3 is 5.69 Å². The van der Waals surface area contributed by atoms with E-state index in [1.807, 2.05) is 23.7 Å². The van der Waals surface area contributed by atoms with Gasteiger partial charge in [-0.1, -0.05) is 0 Å². The first-order valence-electron chi connectivity index (χ1n) is 6.01. The van der Waals surface area contributed by atoms with Gasteiger partial charge in [-0.25, -0.2) is 9.78 Å². The van der Waals surface area contributed by atoms with Gasteiger partial charge in [-0.2, -0.15) is 0 Å². The Labute approximate surface area is 123 Å². The fraction of sp³-hybridized carbons (Fsp3) is 0.500. The molecule has 1 N–H and O–H groups in total. The molecule has 106 valence electrons. The zero-order chi connectivity index (χ0) is 11.8. The van der Waals surface area contributed by atoms with Crippen LogP contribution in [0.3, 0.4) is 0 Å². The smallest absolute Gasteiger partial charge is 0.317 e. The summed E-state index contributed by atoms with van der Waals surface area (Å²) in [4.78, 5) is 16.6. The minimum Gasteiger partial charge on any atom is -0.317 e. The van der Waals surface area contributed by atoms with Crippen molar-refractivity contribution < 1.29 is 0 Å². The first kappa shape index (κ1) is 16.0. The van der Waals surface area contributed by atoms with Crippen molar-refractivity contribution in [2.45, 2.75) is 18.9 Å². The number of aromatic nitrogens is 3. The molecule has 2 aromatic heterocycles. The van der Waals surface area contributed by atoms with Crippen molar-refractivity contribution in [1.82, 2.24) is 19.4 Å². The molecule has 0 aromatic carbocycles. The predicted molar refractivity (Wildman–Crippen MR) is 80.6 cm³/mol. The molecule has 0 aliphatic carbocycles. The number of nitrogens with one attached hydrogen (secondary N) is 1. The Morgan fingerprint density at radius 2 is 2.00 bits per heavy atom. The average Bonchev–Trinajstić information content (AvgIpc) is 2.64. The normalized spacial score (nSPS) is 15.8. The Kier molecular flexibility index (Phi) is 5.40. The predicted octanol–water partition coefficient (Wildman–Crippen LogP) is 1.50. The number of pyridine rings is 1. The molecule has 0 atom stereocenters. The summed E-state index contributed by atoms with van der Waals surface area (Å²) < 4.78 is 3.54. The molecule has 0 saturated carbocycles. The minimum atomic E-state index is 0. The summed E-state index contributed by atoms with van der Waals surface area (Å²) in [7, 11) is 1.81. The summed E-state index contributed by atoms with van der Waals surface area (Å²) in [6, 6.07) is 4.10. The molecule has 0 amide bonds. The lowest BCUT2D eigenvalue weighted by Crippen LogP contribution is -2.34. The molecular formula is C12H18Cl2N4O. The van der Waals surface area contributed by atoms with Gasteiger partial charge in [0.25, 0.3) is 0 Å². The fourth-order valence-electron chi connectivity index (χ4n) is 2.59. The van der Waals surface area contributed by atoms with E-state index in [9.17, 15) is 4.79 Å². The van der Waals surface area contributed by atoms with Gasteiger partial charge in [0.15, 0.2) is 5.65 Å². The maximum Gasteiger partial charge on any atom is 0.330 e. The summed E-state index contributed by atoms with van der Waals surface area (Å²) in [5.41, 5.74) is 1.77. The molecule has 0 spiro atoms. The Balaban J connectivity index is 0.000000902. The largest absolute Gasteiger partial charge is 0.330 e. The van der Waals surface area contributed by atoms with Crippen molar-refractivity contribution >= 4 is 36.0 Å². The Bertz CT molecular complexity index is 601. The van der Waals surface area contributed by atoms with E-state index >= 15 is 0 Å². The van der Waals surface area contributed by atoms with E-state index in [-0.39, 0.29) is 36.5 Å². The maximum atomic E-state index is 12.3. The molecule has 3 heterocycles. The van der Waals surface area contributed by atoms with Crippen LogP contribution >= 0.6 is 24.8 Å². The summed E-state index contributed by atoms with van der Waals surface area (Å²) in [6.07, 6.45) is 3.74. The first-order chi connectivity index (χ1) is 8.29. The van der Waals surface area contributed by atoms with Gasteiger partial charge in [0.1, 0.15) is 0 Å². The van der Waals surface area contributed by atoms with Crippen molar-refractivity contribution in [3.63, 3.8) is 0 Å². The van der Waals surface area contributed by atoms with Crippen LogP contribution in [0.4, 0.5) is 0 Å². The van der Waals surface area contributed by atoms with Crippen LogP contribution in [-0.4, -0.2) is 27.2 Å². The van der Waals surface area contributed by atoms with Crippen molar-refractivity contribution in [2.75, 3.05) is 13.1 Å². The number of halogens is 2. The monoisotopic (exact) mass is 304 g/mol. The SMILES string of the molecule is Cl.Cl.Cn1c(=O)n(C2CCNCC2)c2ncccc21. The molecule has 5 nitrogen and oxygen atoms in total. The number of piperidine rings is 1. The van der Waals surface area contributed by atoms with Gasteiger partial charge in [0.05, 0.1) is 5.52 Å². The molecule has 0 bridgehead atoms. The maximum absolute atomic E-state index is 12.3. The third-order valence-electron chi connectivity index (χ3n) is 3.52. The molecule has 1 fully saturated rings. The molecule has 3 rings (SSSR count). The third-order valence-corrected chi connectivity index (χ3v) is 3.52. The summed E-state index contributed by atoms with van der Waals surface area (Å²) in [5.74, 6) is 0. The van der Waals surface area contributed by atoms with E-state index < -0.39 is 0 Å². The number of aryl methyl sites for hydroxylation is 1. The van der Waals surface area contributed by atoms with Gasteiger partial charge in [-0.3, -0.25) is 9.13 Å². The van der Waals surface area contributed by atoms with Crippen LogP contribution < -0.4 is 11.0 Å². The van der Waals surface area contributed by atoms with E-state index in [0.29, 0.717) is 0 Å². The van der Waals surface area contributed by atoms with Crippen molar-refractivity contribution in [1.29, 1.82) is 0 Å². The quantitative estimate of drug-likeness (QED) is 0.869. The number of fused-ring (bicyclic) bond motifs is 1. The zero-order valence-corrected chi connectivity index (χ0v) is 12.3. The molecule has 1 aliphatic heterocycles. The van der Waals surface area contributed by atoms with Gasteiger partial charge in [-0.05, 0) is 38.1 Å². The van der Waals surface area contributed by atoms with Crippen molar-refractivity contribution in [3.8, 4) is 0 Å². The van der Waals surface area contributed by atoms with Crippen LogP contribution in [0.1, 0.15) is 18.9 Å². The minimum absolute atomic E-state index is 0. The molecule has 0 unspecified atom stereocenters. The van der Waals surface area contributed by atoms with E-state index in [1.54, 1.807) is 10.8 Å². The Morgan fingerprint density at radius 3 is 2.68 bits per heavy atom. The van der Waals surface area contributed by atoms with Crippen molar-refractivity contribution in [2.24, 2.45) is 7.05 Å². The second-order valence-electron chi connectivity index (χ2n) is 4.54. The molecule has 2 aromatic rings. The highest BCUT2D eigenvalue weighted by Gasteiger charge is 2.21. The van der Waals surface area contributed by atoms with Gasteiger partial charge < -0.3 is 5.32 Å². The van der Waals surface area contributed by atoms with Crippen LogP contribution in [0.15, 0.2) is 23.1 Å². The first-order valence-corrected chi connectivity index (χ1v) is 6.01. The van der Waals surface area contributed by atoms with Crippen LogP contribution in [-0.2, 0) is 7.05 Å². The van der Waals surface area contributed by atoms with E-state index in [2.05, 4.69) is 10.3 Å². The molecule has 19 heavy (non-hydrogen) atoms. The molecule has 7 heteroatoms. The van der Waals surface area contributed by atoms with Gasteiger partial charge in [-0.15, -0.1) is 24.8 Å². The number of hydrogen-bond acceptors (Lipinski definition) is 3. The topological polar surface area (TPSA) is 51.9 Å². The van der Waals surface area contributed by atoms with Gasteiger partial charge in [0, 0.05) is 19.3 Å². The summed E-state index contributed by atoms with van der Waals surface area (Å²) in [5, 5.41) is 3.32. The lowest BCUT2D eigenvalue weighted by atomic mass is 10.1. The van der Waals surface area contributed by atoms with Crippen LogP contribution in [0.25, 0.3) is 11.2 Å². The highest BCUT2D eigenvalue weighted by molar-refractivity contribution is 5.85. The second-order valence-corrected chi connectivity index (χ2v) is 4.54. The Hall–Kier alpha value is -1.04. The standard InChI is InChI=1S/C12H16N4O.2ClH/c1-15-10-3-2-6-14-11(10)16(12(15)17)9-4-7-13-8-5-9;;/h2-3,6,9,13H,4-5,7-8H2,1H3;2*1H. The average molecular weight is 305 g/mol. The van der Waals surface area contributed by atoms with E-state index in [4.69, 9.17) is 0 Å². The number of rotatable bonds is 1. The second kappa shape index (κ2) is 6.41. The molecule has 0 radical (unpaired) electrons. The fourth-order valence-corrected chi connectivity index (χ4v) is 2.59. The summed E-state index contributed by atoms with van der Waals surface area (Å²) >= 11 is 0. The highest BCUT2D eigenvalue weighted by Crippen LogP contribution is 2.21. The van der Waals surface area contributed by atoms with Crippen LogP contribution in [0, 0.1) is 0 Å². The number of nitrogens with zero attached hydrogens (tertiary/aromatic N) is 3. The molecule has 1 aliphatic rings. The lowest BCUT2D eigenvalue weighted by Gasteiger charge is -2.23.